The van der Waals surface area contributed by atoms with Crippen LogP contribution in [0.25, 0.3) is 6.15 Å². The van der Waals surface area contributed by atoms with E-state index in [0.717, 1.165) is 5.56 Å². The van der Waals surface area contributed by atoms with E-state index in [1.165, 1.54) is 12.1 Å². The second kappa shape index (κ2) is 8.03. The predicted molar refractivity (Wildman–Crippen MR) is 83.1 cm³/mol. The lowest BCUT2D eigenvalue weighted by atomic mass is 10.2. The van der Waals surface area contributed by atoms with Gasteiger partial charge >= 0.3 is 0 Å². The Kier molecular flexibility index (Phi) is 6.38. The number of nitrogens with one attached hydrogen (secondary N) is 1. The van der Waals surface area contributed by atoms with E-state index in [2.05, 4.69) is 10.4 Å². The Morgan fingerprint density at radius 3 is 2.33 bits per heavy atom. The van der Waals surface area contributed by atoms with Gasteiger partial charge in [-0.05, 0) is 59.3 Å². The van der Waals surface area contributed by atoms with Gasteiger partial charge in [0.2, 0.25) is 0 Å². The fraction of sp³-hybridized carbons (Fsp3) is 0.0714. The van der Waals surface area contributed by atoms with Gasteiger partial charge in [-0.2, -0.15) is 5.53 Å². The molecule has 0 unspecified atom stereocenters. The molecule has 7 heteroatoms. The van der Waals surface area contributed by atoms with Crippen molar-refractivity contribution in [3.8, 4) is 0 Å². The number of anilines is 1. The molecule has 0 bridgehead atoms. The first kappa shape index (κ1) is 16.7. The Balaban J connectivity index is 0.00000220. The van der Waals surface area contributed by atoms with Crippen LogP contribution in [0.4, 0.5) is 15.8 Å². The molecular formula is C14H15FN4OS. The van der Waals surface area contributed by atoms with Crippen molar-refractivity contribution in [3.05, 3.63) is 66.1 Å². The molecule has 0 aliphatic rings. The number of ether oxygens (including phenoxy) is 1. The van der Waals surface area contributed by atoms with E-state index in [-0.39, 0.29) is 17.1 Å². The highest BCUT2D eigenvalue weighted by atomic mass is 32.1. The zero-order valence-corrected chi connectivity index (χ0v) is 11.9. The van der Waals surface area contributed by atoms with E-state index in [1.54, 1.807) is 24.3 Å². The van der Waals surface area contributed by atoms with Gasteiger partial charge in [-0.1, -0.05) is 12.1 Å². The van der Waals surface area contributed by atoms with Crippen molar-refractivity contribution in [2.45, 2.75) is 6.61 Å². The van der Waals surface area contributed by atoms with Crippen molar-refractivity contribution in [3.63, 3.8) is 0 Å². The number of benzene rings is 2. The minimum atomic E-state index is -0.298. The van der Waals surface area contributed by atoms with E-state index >= 15 is 0 Å². The molecule has 2 aromatic rings. The molecule has 110 valence electrons. The summed E-state index contributed by atoms with van der Waals surface area (Å²) in [4.78, 5) is 0. The van der Waals surface area contributed by atoms with Gasteiger partial charge < -0.3 is 16.2 Å². The molecule has 5 nitrogen and oxygen atoms in total. The van der Waals surface area contributed by atoms with Crippen molar-refractivity contribution < 1.29 is 14.7 Å². The van der Waals surface area contributed by atoms with Crippen molar-refractivity contribution in [2.75, 3.05) is 5.32 Å². The summed E-state index contributed by atoms with van der Waals surface area (Å²) in [5.41, 5.74) is 7.47. The van der Waals surface area contributed by atoms with Crippen LogP contribution in [0, 0.1) is 5.82 Å². The summed E-state index contributed by atoms with van der Waals surface area (Å²) in [5, 5.41) is 6.65. The van der Waals surface area contributed by atoms with Gasteiger partial charge in [0.1, 0.15) is 18.1 Å². The van der Waals surface area contributed by atoms with Crippen LogP contribution >= 0.6 is 12.2 Å². The monoisotopic (exact) mass is 306 g/mol. The number of nitrogens with two attached hydrogens (primary N) is 2. The summed E-state index contributed by atoms with van der Waals surface area (Å²) in [6.07, 6.45) is 0. The summed E-state index contributed by atoms with van der Waals surface area (Å²) in [6, 6.07) is 13.1. The standard InChI is InChI=1S/C14H12FN3OS.H2N/c15-11-3-7-12(8-4-11)17-14(20)19-9-10-1-5-13(18-16)6-2-10;/h1-8,16H,9H2,(H,17,20);1H2/q;-1/p+1. The fourth-order valence-corrected chi connectivity index (χ4v) is 1.69. The van der Waals surface area contributed by atoms with Gasteiger partial charge in [-0.25, -0.2) is 4.39 Å². The zero-order valence-electron chi connectivity index (χ0n) is 11.1. The third-order valence-corrected chi connectivity index (χ3v) is 2.77. The van der Waals surface area contributed by atoms with Gasteiger partial charge in [-0.3, -0.25) is 0 Å². The molecular weight excluding hydrogens is 291 g/mol. The second-order valence-electron chi connectivity index (χ2n) is 4.00. The van der Waals surface area contributed by atoms with Gasteiger partial charge in [0.15, 0.2) is 0 Å². The molecule has 0 saturated carbocycles. The lowest BCUT2D eigenvalue weighted by molar-refractivity contribution is -0.210. The number of hydrogen-bond donors (Lipinski definition) is 2. The number of thiocarbonyl (C=S) groups is 1. The molecule has 0 spiro atoms. The molecule has 0 atom stereocenters. The molecule has 0 heterocycles. The Hall–Kier alpha value is -2.38. The van der Waals surface area contributed by atoms with Crippen LogP contribution in [-0.4, -0.2) is 5.17 Å². The average Bonchev–Trinajstić information content (AvgIpc) is 2.48. The van der Waals surface area contributed by atoms with E-state index in [0.29, 0.717) is 18.0 Å². The summed E-state index contributed by atoms with van der Waals surface area (Å²) in [7, 11) is 0. The molecule has 2 rings (SSSR count). The van der Waals surface area contributed by atoms with E-state index in [1.807, 2.05) is 12.1 Å². The third-order valence-electron chi connectivity index (χ3n) is 2.55. The second-order valence-corrected chi connectivity index (χ2v) is 4.37. The average molecular weight is 306 g/mol. The molecule has 0 saturated heterocycles. The minimum absolute atomic E-state index is 0. The number of halogens is 1. The molecule has 0 radical (unpaired) electrons. The summed E-state index contributed by atoms with van der Waals surface area (Å²) in [5.74, 6) is -0.298. The quantitative estimate of drug-likeness (QED) is 0.670. The van der Waals surface area contributed by atoms with Gasteiger partial charge in [0.25, 0.3) is 5.17 Å². The maximum absolute atomic E-state index is 12.7. The molecule has 21 heavy (non-hydrogen) atoms. The first-order chi connectivity index (χ1) is 9.67. The molecule has 0 amide bonds. The van der Waals surface area contributed by atoms with Crippen LogP contribution in [0.5, 0.6) is 0 Å². The van der Waals surface area contributed by atoms with Crippen molar-refractivity contribution in [2.24, 2.45) is 5.11 Å². The maximum Gasteiger partial charge on any atom is 0.261 e. The lowest BCUT2D eigenvalue weighted by Crippen LogP contribution is -2.21. The van der Waals surface area contributed by atoms with Gasteiger partial charge in [0, 0.05) is 5.69 Å². The number of nitrogens with zero attached hydrogens (tertiary/aromatic N) is 1. The topological polar surface area (TPSA) is 92.7 Å². The predicted octanol–water partition coefficient (Wildman–Crippen LogP) is 3.30. The van der Waals surface area contributed by atoms with E-state index in [9.17, 15) is 4.39 Å². The zero-order chi connectivity index (χ0) is 14.4. The Morgan fingerprint density at radius 2 is 1.76 bits per heavy atom. The molecule has 0 aliphatic carbocycles. The highest BCUT2D eigenvalue weighted by molar-refractivity contribution is 7.80. The fourth-order valence-electron chi connectivity index (χ4n) is 1.51. The molecule has 0 aliphatic heterocycles. The van der Waals surface area contributed by atoms with Crippen molar-refractivity contribution in [1.82, 2.24) is 0 Å². The van der Waals surface area contributed by atoms with E-state index < -0.39 is 0 Å². The maximum atomic E-state index is 12.7. The first-order valence-electron chi connectivity index (χ1n) is 5.86. The Bertz CT molecular complexity index is 601. The van der Waals surface area contributed by atoms with Gasteiger partial charge in [-0.15, -0.1) is 0 Å². The Labute approximate surface area is 127 Å². The first-order valence-corrected chi connectivity index (χ1v) is 6.27. The van der Waals surface area contributed by atoms with Crippen LogP contribution in [0.1, 0.15) is 5.56 Å². The lowest BCUT2D eigenvalue weighted by Gasteiger charge is -2.09. The molecule has 5 N–H and O–H groups in total. The molecule has 0 fully saturated rings. The van der Waals surface area contributed by atoms with Crippen molar-refractivity contribution >= 4 is 28.8 Å². The molecule has 2 aromatic carbocycles. The van der Waals surface area contributed by atoms with Crippen LogP contribution in [0.2, 0.25) is 0 Å². The smallest absolute Gasteiger partial charge is 0.261 e. The highest BCUT2D eigenvalue weighted by Crippen LogP contribution is 2.13. The summed E-state index contributed by atoms with van der Waals surface area (Å²) >= 11 is 5.05. The third kappa shape index (κ3) is 5.25. The minimum Gasteiger partial charge on any atom is -0.693 e. The van der Waals surface area contributed by atoms with Gasteiger partial charge in [0.05, 0.1) is 0 Å². The van der Waals surface area contributed by atoms with Crippen LogP contribution in [-0.2, 0) is 11.3 Å². The van der Waals surface area contributed by atoms with Crippen molar-refractivity contribution in [1.29, 1.82) is 0 Å². The Morgan fingerprint density at radius 1 is 1.14 bits per heavy atom. The number of rotatable bonds is 4. The van der Waals surface area contributed by atoms with E-state index in [4.69, 9.17) is 22.5 Å². The summed E-state index contributed by atoms with van der Waals surface area (Å²) < 4.78 is 18.1. The highest BCUT2D eigenvalue weighted by Gasteiger charge is 2.01. The normalized spacial score (nSPS) is 9.38. The van der Waals surface area contributed by atoms with Crippen LogP contribution < -0.4 is 10.8 Å². The molecule has 0 aromatic heterocycles. The SMILES string of the molecule is [NH2+]=Nc1ccc(COC(=S)Nc2ccc(F)cc2)cc1.[NH2-]. The van der Waals surface area contributed by atoms with Crippen LogP contribution in [0.15, 0.2) is 53.6 Å². The summed E-state index contributed by atoms with van der Waals surface area (Å²) in [6.45, 7) is 0.331. The van der Waals surface area contributed by atoms with Crippen LogP contribution in [0.3, 0.4) is 0 Å². The largest absolute Gasteiger partial charge is 0.693 e. The number of hydrogen-bond acceptors (Lipinski definition) is 3.